The van der Waals surface area contributed by atoms with E-state index < -0.39 is 0 Å². The van der Waals surface area contributed by atoms with Gasteiger partial charge in [-0.1, -0.05) is 48.5 Å². The Kier molecular flexibility index (Phi) is 4.53. The molecule has 4 aromatic rings. The van der Waals surface area contributed by atoms with Crippen molar-refractivity contribution in [2.75, 3.05) is 10.6 Å². The standard InChI is InChI=1S/C21H17FN4O/c22-17-8-3-5-15(11-17)13-26-14-18(12-23-26)24-21(27)25-20-10-4-7-16-6-1-2-9-19(16)20/h1-12,14H,13H2,(H2,24,25,27). The highest BCUT2D eigenvalue weighted by atomic mass is 19.1. The first-order valence-electron chi connectivity index (χ1n) is 8.50. The van der Waals surface area contributed by atoms with Gasteiger partial charge in [0.05, 0.1) is 24.1 Å². The fraction of sp³-hybridized carbons (Fsp3) is 0.0476. The summed E-state index contributed by atoms with van der Waals surface area (Å²) < 4.78 is 14.9. The largest absolute Gasteiger partial charge is 0.323 e. The number of nitrogens with zero attached hydrogens (tertiary/aromatic N) is 2. The number of nitrogens with one attached hydrogen (secondary N) is 2. The average molecular weight is 360 g/mol. The molecule has 0 atom stereocenters. The quantitative estimate of drug-likeness (QED) is 0.546. The number of anilines is 2. The number of carbonyl (C=O) groups excluding carboxylic acids is 1. The summed E-state index contributed by atoms with van der Waals surface area (Å²) in [7, 11) is 0. The van der Waals surface area contributed by atoms with Crippen LogP contribution in [0.5, 0.6) is 0 Å². The molecule has 4 rings (SSSR count). The van der Waals surface area contributed by atoms with Crippen LogP contribution in [-0.2, 0) is 6.54 Å². The molecule has 0 spiro atoms. The molecule has 0 bridgehead atoms. The van der Waals surface area contributed by atoms with E-state index in [0.29, 0.717) is 12.2 Å². The van der Waals surface area contributed by atoms with Gasteiger partial charge in [-0.15, -0.1) is 0 Å². The predicted octanol–water partition coefficient (Wildman–Crippen LogP) is 4.87. The Morgan fingerprint density at radius 1 is 1.00 bits per heavy atom. The molecular formula is C21H17FN4O. The zero-order valence-corrected chi connectivity index (χ0v) is 14.4. The highest BCUT2D eigenvalue weighted by Crippen LogP contribution is 2.23. The van der Waals surface area contributed by atoms with Crippen LogP contribution in [0.4, 0.5) is 20.6 Å². The van der Waals surface area contributed by atoms with Crippen molar-refractivity contribution in [3.8, 4) is 0 Å². The van der Waals surface area contributed by atoms with Crippen molar-refractivity contribution in [3.63, 3.8) is 0 Å². The lowest BCUT2D eigenvalue weighted by molar-refractivity contribution is 0.262. The molecule has 0 aliphatic heterocycles. The number of fused-ring (bicyclic) bond motifs is 1. The molecule has 5 nitrogen and oxygen atoms in total. The Morgan fingerprint density at radius 2 is 1.81 bits per heavy atom. The molecule has 0 saturated carbocycles. The Bertz CT molecular complexity index is 1100. The Morgan fingerprint density at radius 3 is 2.70 bits per heavy atom. The van der Waals surface area contributed by atoms with E-state index in [4.69, 9.17) is 0 Å². The summed E-state index contributed by atoms with van der Waals surface area (Å²) in [6.45, 7) is 0.421. The lowest BCUT2D eigenvalue weighted by atomic mass is 10.1. The van der Waals surface area contributed by atoms with Crippen molar-refractivity contribution >= 4 is 28.2 Å². The summed E-state index contributed by atoms with van der Waals surface area (Å²) in [5.74, 6) is -0.285. The van der Waals surface area contributed by atoms with Gasteiger partial charge in [-0.3, -0.25) is 4.68 Å². The maximum absolute atomic E-state index is 13.3. The van der Waals surface area contributed by atoms with Crippen LogP contribution in [0.25, 0.3) is 10.8 Å². The minimum absolute atomic E-state index is 0.285. The molecule has 2 amide bonds. The second-order valence-electron chi connectivity index (χ2n) is 6.16. The Hall–Kier alpha value is -3.67. The van der Waals surface area contributed by atoms with Gasteiger partial charge in [0.1, 0.15) is 5.82 Å². The van der Waals surface area contributed by atoms with Gasteiger partial charge in [0.2, 0.25) is 0 Å². The van der Waals surface area contributed by atoms with Crippen molar-refractivity contribution in [1.82, 2.24) is 9.78 Å². The van der Waals surface area contributed by atoms with E-state index in [1.54, 1.807) is 23.1 Å². The van der Waals surface area contributed by atoms with E-state index in [1.165, 1.54) is 12.1 Å². The number of hydrogen-bond donors (Lipinski definition) is 2. The Balaban J connectivity index is 1.43. The number of urea groups is 1. The zero-order valence-electron chi connectivity index (χ0n) is 14.4. The van der Waals surface area contributed by atoms with Crippen molar-refractivity contribution in [2.45, 2.75) is 6.54 Å². The third-order valence-electron chi connectivity index (χ3n) is 4.16. The van der Waals surface area contributed by atoms with E-state index in [2.05, 4.69) is 15.7 Å². The smallest absolute Gasteiger partial charge is 0.307 e. The van der Waals surface area contributed by atoms with Crippen LogP contribution in [0.15, 0.2) is 79.1 Å². The molecule has 0 aliphatic carbocycles. The first kappa shape index (κ1) is 16.8. The number of halogens is 1. The van der Waals surface area contributed by atoms with Crippen molar-refractivity contribution in [2.24, 2.45) is 0 Å². The summed E-state index contributed by atoms with van der Waals surface area (Å²) in [6.07, 6.45) is 3.26. The SMILES string of the molecule is O=C(Nc1cnn(Cc2cccc(F)c2)c1)Nc1cccc2ccccc12. The van der Waals surface area contributed by atoms with Crippen LogP contribution in [0.3, 0.4) is 0 Å². The van der Waals surface area contributed by atoms with Crippen molar-refractivity contribution in [1.29, 1.82) is 0 Å². The zero-order chi connectivity index (χ0) is 18.6. The predicted molar refractivity (Wildman–Crippen MR) is 104 cm³/mol. The van der Waals surface area contributed by atoms with Gasteiger partial charge in [0.15, 0.2) is 0 Å². The molecular weight excluding hydrogens is 343 g/mol. The number of hydrogen-bond acceptors (Lipinski definition) is 2. The third kappa shape index (κ3) is 3.95. The van der Waals surface area contributed by atoms with Crippen molar-refractivity contribution < 1.29 is 9.18 Å². The molecule has 0 unspecified atom stereocenters. The number of carbonyl (C=O) groups is 1. The maximum atomic E-state index is 13.3. The van der Waals surface area contributed by atoms with E-state index in [0.717, 1.165) is 22.0 Å². The van der Waals surface area contributed by atoms with E-state index in [9.17, 15) is 9.18 Å². The molecule has 0 radical (unpaired) electrons. The minimum atomic E-state index is -0.350. The normalized spacial score (nSPS) is 10.7. The molecule has 0 fully saturated rings. The fourth-order valence-electron chi connectivity index (χ4n) is 2.96. The van der Waals surface area contributed by atoms with E-state index in [-0.39, 0.29) is 11.8 Å². The number of amides is 2. The van der Waals surface area contributed by atoms with Gasteiger partial charge in [0, 0.05) is 11.6 Å². The number of aromatic nitrogens is 2. The number of rotatable bonds is 4. The van der Waals surface area contributed by atoms with Gasteiger partial charge in [-0.2, -0.15) is 5.10 Å². The summed E-state index contributed by atoms with van der Waals surface area (Å²) in [5.41, 5.74) is 2.09. The second kappa shape index (κ2) is 7.29. The summed E-state index contributed by atoms with van der Waals surface area (Å²) in [4.78, 5) is 12.3. The Labute approximate surface area is 155 Å². The topological polar surface area (TPSA) is 59.0 Å². The summed E-state index contributed by atoms with van der Waals surface area (Å²) >= 11 is 0. The van der Waals surface area contributed by atoms with Gasteiger partial charge < -0.3 is 10.6 Å². The monoisotopic (exact) mass is 360 g/mol. The first-order chi connectivity index (χ1) is 13.2. The van der Waals surface area contributed by atoms with Gasteiger partial charge >= 0.3 is 6.03 Å². The number of benzene rings is 3. The van der Waals surface area contributed by atoms with Gasteiger partial charge in [-0.05, 0) is 29.1 Å². The molecule has 1 aromatic heterocycles. The summed E-state index contributed by atoms with van der Waals surface area (Å²) in [6, 6.07) is 19.6. The van der Waals surface area contributed by atoms with E-state index >= 15 is 0 Å². The van der Waals surface area contributed by atoms with Crippen LogP contribution >= 0.6 is 0 Å². The van der Waals surface area contributed by atoms with Crippen molar-refractivity contribution in [3.05, 3.63) is 90.5 Å². The van der Waals surface area contributed by atoms with E-state index in [1.807, 2.05) is 48.5 Å². The second-order valence-corrected chi connectivity index (χ2v) is 6.16. The molecule has 134 valence electrons. The summed E-state index contributed by atoms with van der Waals surface area (Å²) in [5, 5.41) is 11.9. The fourth-order valence-corrected chi connectivity index (χ4v) is 2.96. The van der Waals surface area contributed by atoms with Crippen LogP contribution in [0, 0.1) is 5.82 Å². The lowest BCUT2D eigenvalue weighted by Gasteiger charge is -2.09. The van der Waals surface area contributed by atoms with Gasteiger partial charge in [0.25, 0.3) is 0 Å². The van der Waals surface area contributed by atoms with Crippen LogP contribution in [0.2, 0.25) is 0 Å². The average Bonchev–Trinajstić information content (AvgIpc) is 3.08. The molecule has 0 aliphatic rings. The molecule has 6 heteroatoms. The molecule has 3 aromatic carbocycles. The third-order valence-corrected chi connectivity index (χ3v) is 4.16. The minimum Gasteiger partial charge on any atom is -0.307 e. The molecule has 0 saturated heterocycles. The highest BCUT2D eigenvalue weighted by Gasteiger charge is 2.07. The van der Waals surface area contributed by atoms with Crippen LogP contribution < -0.4 is 10.6 Å². The lowest BCUT2D eigenvalue weighted by Crippen LogP contribution is -2.19. The molecule has 27 heavy (non-hydrogen) atoms. The van der Waals surface area contributed by atoms with Crippen LogP contribution in [0.1, 0.15) is 5.56 Å². The first-order valence-corrected chi connectivity index (χ1v) is 8.50. The molecule has 2 N–H and O–H groups in total. The highest BCUT2D eigenvalue weighted by molar-refractivity contribution is 6.06. The van der Waals surface area contributed by atoms with Gasteiger partial charge in [-0.25, -0.2) is 9.18 Å². The maximum Gasteiger partial charge on any atom is 0.323 e. The van der Waals surface area contributed by atoms with Crippen LogP contribution in [-0.4, -0.2) is 15.8 Å². The molecule has 1 heterocycles.